The van der Waals surface area contributed by atoms with E-state index in [1.165, 1.54) is 0 Å². The first-order valence-corrected chi connectivity index (χ1v) is 6.85. The Morgan fingerprint density at radius 3 is 1.52 bits per heavy atom. The molecular formula is C8H9F9O3S. The average molecular weight is 356 g/mol. The van der Waals surface area contributed by atoms with E-state index in [0.717, 1.165) is 0 Å². The fraction of sp³-hybridized carbons (Fsp3) is 1.00. The molecule has 21 heavy (non-hydrogen) atoms. The Morgan fingerprint density at radius 2 is 1.19 bits per heavy atom. The summed E-state index contributed by atoms with van der Waals surface area (Å²) in [6, 6.07) is 0. The highest BCUT2D eigenvalue weighted by atomic mass is 32.2. The third kappa shape index (κ3) is 4.14. The second kappa shape index (κ2) is 5.82. The minimum atomic E-state index is -7.04. The normalized spacial score (nSPS) is 15.3. The van der Waals surface area contributed by atoms with Crippen LogP contribution in [0.1, 0.15) is 6.42 Å². The number of alkyl halides is 9. The molecule has 0 saturated carbocycles. The molecule has 13 heteroatoms. The van der Waals surface area contributed by atoms with E-state index in [1.54, 1.807) is 0 Å². The van der Waals surface area contributed by atoms with Crippen LogP contribution in [-0.2, 0) is 9.84 Å². The molecule has 0 aromatic heterocycles. The summed E-state index contributed by atoms with van der Waals surface area (Å²) in [6.45, 7) is -1.05. The predicted octanol–water partition coefficient (Wildman–Crippen LogP) is 2.25. The molecule has 3 nitrogen and oxygen atoms in total. The van der Waals surface area contributed by atoms with Gasteiger partial charge in [-0.3, -0.25) is 0 Å². The smallest absolute Gasteiger partial charge is 0.395 e. The number of aliphatic hydroxyl groups excluding tert-OH is 1. The first-order chi connectivity index (χ1) is 9.02. The average Bonchev–Trinajstić information content (AvgIpc) is 2.24. The fourth-order valence-corrected chi connectivity index (χ4v) is 2.14. The van der Waals surface area contributed by atoms with E-state index >= 15 is 0 Å². The molecule has 0 bridgehead atoms. The van der Waals surface area contributed by atoms with E-state index in [9.17, 15) is 47.9 Å². The first-order valence-electron chi connectivity index (χ1n) is 5.03. The molecule has 0 atom stereocenters. The molecule has 0 aromatic carbocycles. The summed E-state index contributed by atoms with van der Waals surface area (Å²) < 4.78 is 133. The van der Waals surface area contributed by atoms with Crippen molar-refractivity contribution in [2.75, 3.05) is 18.1 Å². The van der Waals surface area contributed by atoms with Gasteiger partial charge >= 0.3 is 23.9 Å². The minimum Gasteiger partial charge on any atom is -0.395 e. The zero-order chi connectivity index (χ0) is 17.3. The molecule has 0 aromatic rings. The lowest BCUT2D eigenvalue weighted by Crippen LogP contribution is -2.61. The van der Waals surface area contributed by atoms with Crippen molar-refractivity contribution in [3.63, 3.8) is 0 Å². The van der Waals surface area contributed by atoms with Gasteiger partial charge in [0.15, 0.2) is 9.84 Å². The fourth-order valence-electron chi connectivity index (χ4n) is 1.09. The molecule has 128 valence electrons. The summed E-state index contributed by atoms with van der Waals surface area (Å²) in [6.07, 6.45) is -9.39. The molecule has 0 heterocycles. The SMILES string of the molecule is O=S(=O)(CCO)CCC(F)(F)C(F)(F)C(F)(F)C(F)(F)F. The van der Waals surface area contributed by atoms with Crippen LogP contribution < -0.4 is 0 Å². The molecule has 0 amide bonds. The number of hydrogen-bond acceptors (Lipinski definition) is 3. The quantitative estimate of drug-likeness (QED) is 0.712. The Hall–Kier alpha value is -0.720. The van der Waals surface area contributed by atoms with Crippen LogP contribution in [0.3, 0.4) is 0 Å². The van der Waals surface area contributed by atoms with Gasteiger partial charge in [0.25, 0.3) is 0 Å². The van der Waals surface area contributed by atoms with Crippen LogP contribution in [0, 0.1) is 0 Å². The molecular weight excluding hydrogens is 347 g/mol. The molecule has 0 spiro atoms. The van der Waals surface area contributed by atoms with E-state index in [1.807, 2.05) is 0 Å². The third-order valence-electron chi connectivity index (χ3n) is 2.34. The van der Waals surface area contributed by atoms with Gasteiger partial charge in [0, 0.05) is 6.42 Å². The lowest BCUT2D eigenvalue weighted by molar-refractivity contribution is -0.396. The van der Waals surface area contributed by atoms with Gasteiger partial charge in [0.05, 0.1) is 18.1 Å². The Kier molecular flexibility index (Phi) is 5.62. The summed E-state index contributed by atoms with van der Waals surface area (Å²) in [7, 11) is -4.50. The maximum atomic E-state index is 12.9. The first kappa shape index (κ1) is 20.3. The van der Waals surface area contributed by atoms with Gasteiger partial charge in [-0.25, -0.2) is 8.42 Å². The molecule has 1 N–H and O–H groups in total. The third-order valence-corrected chi connectivity index (χ3v) is 3.97. The van der Waals surface area contributed by atoms with Crippen LogP contribution in [0.15, 0.2) is 0 Å². The zero-order valence-corrected chi connectivity index (χ0v) is 10.7. The van der Waals surface area contributed by atoms with Gasteiger partial charge < -0.3 is 5.11 Å². The minimum absolute atomic E-state index is 1.05. The van der Waals surface area contributed by atoms with Crippen LogP contribution in [0.25, 0.3) is 0 Å². The van der Waals surface area contributed by atoms with Gasteiger partial charge in [0.1, 0.15) is 0 Å². The van der Waals surface area contributed by atoms with Crippen LogP contribution in [-0.4, -0.2) is 55.6 Å². The summed E-state index contributed by atoms with van der Waals surface area (Å²) >= 11 is 0. The van der Waals surface area contributed by atoms with Crippen molar-refractivity contribution in [3.8, 4) is 0 Å². The Balaban J connectivity index is 5.32. The highest BCUT2D eigenvalue weighted by Gasteiger charge is 2.81. The summed E-state index contributed by atoms with van der Waals surface area (Å²) in [5.74, 6) is -22.7. The lowest BCUT2D eigenvalue weighted by atomic mass is 10.0. The summed E-state index contributed by atoms with van der Waals surface area (Å²) in [5, 5.41) is 8.24. The maximum absolute atomic E-state index is 12.9. The van der Waals surface area contributed by atoms with Crippen molar-refractivity contribution < 1.29 is 53.0 Å². The number of rotatable bonds is 7. The Bertz CT molecular complexity index is 454. The molecule has 0 radical (unpaired) electrons. The van der Waals surface area contributed by atoms with Crippen molar-refractivity contribution in [2.45, 2.75) is 30.4 Å². The largest absolute Gasteiger partial charge is 0.460 e. The Morgan fingerprint density at radius 1 is 0.762 bits per heavy atom. The summed E-state index contributed by atoms with van der Waals surface area (Å²) in [5.41, 5.74) is 0. The summed E-state index contributed by atoms with van der Waals surface area (Å²) in [4.78, 5) is 0. The highest BCUT2D eigenvalue weighted by Crippen LogP contribution is 2.54. The van der Waals surface area contributed by atoms with Gasteiger partial charge in [-0.1, -0.05) is 0 Å². The molecule has 0 rings (SSSR count). The monoisotopic (exact) mass is 356 g/mol. The zero-order valence-electron chi connectivity index (χ0n) is 9.90. The van der Waals surface area contributed by atoms with Crippen LogP contribution in [0.2, 0.25) is 0 Å². The van der Waals surface area contributed by atoms with Crippen molar-refractivity contribution in [1.82, 2.24) is 0 Å². The van der Waals surface area contributed by atoms with Crippen molar-refractivity contribution in [2.24, 2.45) is 0 Å². The van der Waals surface area contributed by atoms with Crippen LogP contribution in [0.5, 0.6) is 0 Å². The van der Waals surface area contributed by atoms with Crippen molar-refractivity contribution >= 4 is 9.84 Å². The number of halogens is 9. The molecule has 0 aliphatic rings. The van der Waals surface area contributed by atoms with Gasteiger partial charge in [-0.05, 0) is 0 Å². The number of hydrogen-bond donors (Lipinski definition) is 1. The Labute approximate surface area is 112 Å². The van der Waals surface area contributed by atoms with Crippen LogP contribution >= 0.6 is 0 Å². The number of aliphatic hydroxyl groups is 1. The molecule has 0 unspecified atom stereocenters. The van der Waals surface area contributed by atoms with Crippen molar-refractivity contribution in [3.05, 3.63) is 0 Å². The molecule has 0 fully saturated rings. The van der Waals surface area contributed by atoms with Crippen LogP contribution in [0.4, 0.5) is 39.5 Å². The van der Waals surface area contributed by atoms with E-state index in [4.69, 9.17) is 5.11 Å². The molecule has 0 aliphatic carbocycles. The van der Waals surface area contributed by atoms with Gasteiger partial charge in [0.2, 0.25) is 0 Å². The second-order valence-electron chi connectivity index (χ2n) is 3.98. The van der Waals surface area contributed by atoms with E-state index < -0.39 is 58.3 Å². The van der Waals surface area contributed by atoms with E-state index in [0.29, 0.717) is 0 Å². The topological polar surface area (TPSA) is 54.4 Å². The van der Waals surface area contributed by atoms with Crippen molar-refractivity contribution in [1.29, 1.82) is 0 Å². The predicted molar refractivity (Wildman–Crippen MR) is 51.3 cm³/mol. The highest BCUT2D eigenvalue weighted by molar-refractivity contribution is 7.91. The van der Waals surface area contributed by atoms with E-state index in [-0.39, 0.29) is 0 Å². The van der Waals surface area contributed by atoms with Gasteiger partial charge in [-0.15, -0.1) is 0 Å². The van der Waals surface area contributed by atoms with Gasteiger partial charge in [-0.2, -0.15) is 39.5 Å². The maximum Gasteiger partial charge on any atom is 0.460 e. The standard InChI is InChI=1S/C8H9F9O3S/c9-5(10,1-3-21(19,20)4-2-18)6(11,12)7(13,14)8(15,16)17/h18H,1-4H2. The lowest BCUT2D eigenvalue weighted by Gasteiger charge is -2.33. The number of sulfone groups is 1. The molecule has 0 saturated heterocycles. The van der Waals surface area contributed by atoms with E-state index in [2.05, 4.69) is 0 Å². The molecule has 0 aliphatic heterocycles. The second-order valence-corrected chi connectivity index (χ2v) is 6.28.